The second-order valence-corrected chi connectivity index (χ2v) is 7.01. The Balaban J connectivity index is 2.20. The monoisotopic (exact) mass is 284 g/mol. The molecule has 3 atom stereocenters. The summed E-state index contributed by atoms with van der Waals surface area (Å²) in [5.41, 5.74) is 0. The van der Waals surface area contributed by atoms with Gasteiger partial charge in [-0.25, -0.2) is 8.42 Å². The number of hydrogen-bond acceptors (Lipinski definition) is 4. The first kappa shape index (κ1) is 14.5. The van der Waals surface area contributed by atoms with Gasteiger partial charge in [0.2, 0.25) is 0 Å². The highest BCUT2D eigenvalue weighted by atomic mass is 32.2. The van der Waals surface area contributed by atoms with Gasteiger partial charge in [0.1, 0.15) is 0 Å². The second-order valence-electron chi connectivity index (χ2n) is 4.78. The lowest BCUT2D eigenvalue weighted by molar-refractivity contribution is -0.185. The van der Waals surface area contributed by atoms with Gasteiger partial charge in [0.15, 0.2) is 16.1 Å². The Labute approximate surface area is 114 Å². The predicted octanol–water partition coefficient (Wildman–Crippen LogP) is 2.39. The van der Waals surface area contributed by atoms with Gasteiger partial charge in [0, 0.05) is 13.0 Å². The molecule has 2 rings (SSSR count). The molecule has 0 spiro atoms. The van der Waals surface area contributed by atoms with E-state index in [4.69, 9.17) is 9.47 Å². The predicted molar refractivity (Wildman–Crippen MR) is 72.6 cm³/mol. The molecule has 1 heterocycles. The molecule has 0 bridgehead atoms. The molecular formula is C14H20O4S. The molecule has 1 saturated heterocycles. The maximum Gasteiger partial charge on any atom is 0.181 e. The zero-order chi connectivity index (χ0) is 13.9. The topological polar surface area (TPSA) is 52.6 Å². The molecule has 19 heavy (non-hydrogen) atoms. The van der Waals surface area contributed by atoms with Gasteiger partial charge >= 0.3 is 0 Å². The van der Waals surface area contributed by atoms with Crippen LogP contribution in [0.3, 0.4) is 0 Å². The minimum absolute atomic E-state index is 0.103. The highest BCUT2D eigenvalue weighted by Gasteiger charge is 2.36. The fraction of sp³-hybridized carbons (Fsp3) is 0.571. The third-order valence-corrected chi connectivity index (χ3v) is 5.49. The summed E-state index contributed by atoms with van der Waals surface area (Å²) < 4.78 is 36.2. The fourth-order valence-corrected chi connectivity index (χ4v) is 4.26. The molecule has 1 aromatic carbocycles. The summed E-state index contributed by atoms with van der Waals surface area (Å²) in [6.07, 6.45) is 0.391. The van der Waals surface area contributed by atoms with E-state index in [1.807, 2.05) is 19.9 Å². The van der Waals surface area contributed by atoms with Crippen molar-refractivity contribution < 1.29 is 17.9 Å². The van der Waals surface area contributed by atoms with Gasteiger partial charge in [-0.3, -0.25) is 0 Å². The Bertz CT molecular complexity index is 497. The van der Waals surface area contributed by atoms with Crippen molar-refractivity contribution in [2.75, 3.05) is 6.61 Å². The standard InChI is InChI=1S/C14H20O4S/c1-3-17-14-10-13(9-11(2)18-14)19(15,16)12-7-5-4-6-8-12/h4-8,11,13-14H,3,9-10H2,1-2H3/t11-,13+,14+/m1/s1. The number of sulfone groups is 1. The number of hydrogen-bond donors (Lipinski definition) is 0. The van der Waals surface area contributed by atoms with Gasteiger partial charge in [0.05, 0.1) is 16.2 Å². The van der Waals surface area contributed by atoms with Crippen molar-refractivity contribution in [3.63, 3.8) is 0 Å². The summed E-state index contributed by atoms with van der Waals surface area (Å²) in [6.45, 7) is 4.29. The minimum Gasteiger partial charge on any atom is -0.353 e. The van der Waals surface area contributed by atoms with Crippen molar-refractivity contribution in [2.24, 2.45) is 0 Å². The summed E-state index contributed by atoms with van der Waals surface area (Å²) in [7, 11) is -3.31. The average Bonchev–Trinajstić information content (AvgIpc) is 2.39. The Morgan fingerprint density at radius 3 is 2.58 bits per heavy atom. The SMILES string of the molecule is CCO[C@@H]1C[C@@H](S(=O)(=O)c2ccccc2)C[C@@H](C)O1. The van der Waals surface area contributed by atoms with Crippen LogP contribution in [-0.2, 0) is 19.3 Å². The van der Waals surface area contributed by atoms with E-state index in [0.717, 1.165) is 0 Å². The van der Waals surface area contributed by atoms with Gasteiger partial charge in [0.25, 0.3) is 0 Å². The van der Waals surface area contributed by atoms with Gasteiger partial charge in [-0.05, 0) is 32.4 Å². The van der Waals surface area contributed by atoms with Crippen LogP contribution >= 0.6 is 0 Å². The first-order valence-electron chi connectivity index (χ1n) is 6.60. The smallest absolute Gasteiger partial charge is 0.181 e. The van der Waals surface area contributed by atoms with E-state index in [1.54, 1.807) is 24.3 Å². The fourth-order valence-electron chi connectivity index (χ4n) is 2.40. The third-order valence-electron chi connectivity index (χ3n) is 3.30. The van der Waals surface area contributed by atoms with E-state index in [2.05, 4.69) is 0 Å². The molecule has 4 nitrogen and oxygen atoms in total. The summed E-state index contributed by atoms with van der Waals surface area (Å²) >= 11 is 0. The molecule has 1 fully saturated rings. The van der Waals surface area contributed by atoms with Gasteiger partial charge in [-0.2, -0.15) is 0 Å². The van der Waals surface area contributed by atoms with Crippen molar-refractivity contribution >= 4 is 9.84 Å². The molecule has 0 aromatic heterocycles. The number of rotatable bonds is 4. The van der Waals surface area contributed by atoms with E-state index in [1.165, 1.54) is 0 Å². The molecule has 5 heteroatoms. The highest BCUT2D eigenvalue weighted by Crippen LogP contribution is 2.29. The van der Waals surface area contributed by atoms with E-state index in [9.17, 15) is 8.42 Å². The van der Waals surface area contributed by atoms with E-state index in [0.29, 0.717) is 24.3 Å². The van der Waals surface area contributed by atoms with Crippen LogP contribution in [0.2, 0.25) is 0 Å². The van der Waals surface area contributed by atoms with Crippen LogP contribution in [0.15, 0.2) is 35.2 Å². The summed E-state index contributed by atoms with van der Waals surface area (Å²) in [6, 6.07) is 8.59. The number of ether oxygens (including phenoxy) is 2. The van der Waals surface area contributed by atoms with Crippen LogP contribution < -0.4 is 0 Å². The maximum atomic E-state index is 12.6. The van der Waals surface area contributed by atoms with Crippen LogP contribution in [0.4, 0.5) is 0 Å². The minimum atomic E-state index is -3.31. The largest absolute Gasteiger partial charge is 0.353 e. The zero-order valence-electron chi connectivity index (χ0n) is 11.3. The van der Waals surface area contributed by atoms with E-state index in [-0.39, 0.29) is 6.10 Å². The normalized spacial score (nSPS) is 28.2. The first-order chi connectivity index (χ1) is 9.04. The Kier molecular flexibility index (Phi) is 4.60. The van der Waals surface area contributed by atoms with Crippen LogP contribution in [-0.4, -0.2) is 32.7 Å². The molecule has 0 radical (unpaired) electrons. The summed E-state index contributed by atoms with van der Waals surface area (Å²) in [5, 5.41) is -0.435. The van der Waals surface area contributed by atoms with Gasteiger partial charge < -0.3 is 9.47 Å². The summed E-state index contributed by atoms with van der Waals surface area (Å²) in [4.78, 5) is 0.379. The molecule has 1 aromatic rings. The van der Waals surface area contributed by atoms with Gasteiger partial charge in [-0.15, -0.1) is 0 Å². The molecule has 0 N–H and O–H groups in total. The Morgan fingerprint density at radius 1 is 1.26 bits per heavy atom. The second kappa shape index (κ2) is 6.03. The molecule has 1 aliphatic rings. The molecule has 0 unspecified atom stereocenters. The number of benzene rings is 1. The summed E-state index contributed by atoms with van der Waals surface area (Å²) in [5.74, 6) is 0. The van der Waals surface area contributed by atoms with Crippen molar-refractivity contribution in [1.29, 1.82) is 0 Å². The lowest BCUT2D eigenvalue weighted by Crippen LogP contribution is -2.39. The van der Waals surface area contributed by atoms with Crippen molar-refractivity contribution in [3.05, 3.63) is 30.3 Å². The Hall–Kier alpha value is -0.910. The lowest BCUT2D eigenvalue weighted by Gasteiger charge is -2.33. The van der Waals surface area contributed by atoms with Crippen molar-refractivity contribution in [3.8, 4) is 0 Å². The third kappa shape index (κ3) is 3.35. The zero-order valence-corrected chi connectivity index (χ0v) is 12.1. The van der Waals surface area contributed by atoms with Crippen molar-refractivity contribution in [2.45, 2.75) is 49.2 Å². The van der Waals surface area contributed by atoms with E-state index >= 15 is 0 Å². The molecule has 0 amide bonds. The highest BCUT2D eigenvalue weighted by molar-refractivity contribution is 7.92. The molecule has 1 aliphatic heterocycles. The van der Waals surface area contributed by atoms with Gasteiger partial charge in [-0.1, -0.05) is 18.2 Å². The van der Waals surface area contributed by atoms with Crippen LogP contribution in [0.25, 0.3) is 0 Å². The van der Waals surface area contributed by atoms with E-state index < -0.39 is 21.4 Å². The van der Waals surface area contributed by atoms with Crippen LogP contribution in [0.1, 0.15) is 26.7 Å². The molecule has 0 saturated carbocycles. The molecule has 106 valence electrons. The molecule has 0 aliphatic carbocycles. The average molecular weight is 284 g/mol. The first-order valence-corrected chi connectivity index (χ1v) is 8.14. The molecular weight excluding hydrogens is 264 g/mol. The van der Waals surface area contributed by atoms with Crippen LogP contribution in [0, 0.1) is 0 Å². The van der Waals surface area contributed by atoms with Crippen LogP contribution in [0.5, 0.6) is 0 Å². The van der Waals surface area contributed by atoms with Crippen molar-refractivity contribution in [1.82, 2.24) is 0 Å². The quantitative estimate of drug-likeness (QED) is 0.852. The lowest BCUT2D eigenvalue weighted by atomic mass is 10.1. The Morgan fingerprint density at radius 2 is 1.95 bits per heavy atom. The maximum absolute atomic E-state index is 12.6.